The van der Waals surface area contributed by atoms with Crippen molar-refractivity contribution in [3.8, 4) is 11.5 Å². The van der Waals surface area contributed by atoms with Gasteiger partial charge in [-0.2, -0.15) is 5.10 Å². The predicted octanol–water partition coefficient (Wildman–Crippen LogP) is 3.31. The van der Waals surface area contributed by atoms with Crippen molar-refractivity contribution in [2.45, 2.75) is 25.5 Å². The second-order valence-electron chi connectivity index (χ2n) is 5.99. The SMILES string of the molecule is CCOc1cc(C2=NN(CCN(C)C)C(=O)SC2CC)ccc1OC. The lowest BCUT2D eigenvalue weighted by Gasteiger charge is -2.29. The number of likely N-dealkylation sites (N-methyl/N-ethyl adjacent to an activating group) is 1. The van der Waals surface area contributed by atoms with Crippen LogP contribution in [0.4, 0.5) is 4.79 Å². The molecule has 1 amide bonds. The van der Waals surface area contributed by atoms with E-state index in [1.807, 2.05) is 44.1 Å². The molecule has 6 nitrogen and oxygen atoms in total. The van der Waals surface area contributed by atoms with E-state index in [1.165, 1.54) is 11.8 Å². The van der Waals surface area contributed by atoms with E-state index >= 15 is 0 Å². The third-order valence-corrected chi connectivity index (χ3v) is 5.13. The number of rotatable bonds is 8. The second-order valence-corrected chi connectivity index (χ2v) is 7.14. The second kappa shape index (κ2) is 9.10. The molecule has 138 valence electrons. The summed E-state index contributed by atoms with van der Waals surface area (Å²) in [7, 11) is 5.60. The molecule has 0 N–H and O–H groups in total. The van der Waals surface area contributed by atoms with E-state index < -0.39 is 0 Å². The van der Waals surface area contributed by atoms with Crippen LogP contribution >= 0.6 is 11.8 Å². The molecule has 1 unspecified atom stereocenters. The monoisotopic (exact) mass is 365 g/mol. The molecule has 0 fully saturated rings. The third kappa shape index (κ3) is 4.89. The first-order valence-electron chi connectivity index (χ1n) is 8.52. The first-order chi connectivity index (χ1) is 12.0. The van der Waals surface area contributed by atoms with Crippen molar-refractivity contribution in [3.05, 3.63) is 23.8 Å². The fourth-order valence-electron chi connectivity index (χ4n) is 2.53. The predicted molar refractivity (Wildman–Crippen MR) is 103 cm³/mol. The van der Waals surface area contributed by atoms with Gasteiger partial charge in [0.15, 0.2) is 11.5 Å². The van der Waals surface area contributed by atoms with Crippen LogP contribution in [0.2, 0.25) is 0 Å². The van der Waals surface area contributed by atoms with Crippen molar-refractivity contribution in [1.82, 2.24) is 9.91 Å². The zero-order valence-corrected chi connectivity index (χ0v) is 16.4. The van der Waals surface area contributed by atoms with Gasteiger partial charge in [0.25, 0.3) is 0 Å². The quantitative estimate of drug-likeness (QED) is 0.707. The molecule has 1 heterocycles. The number of ether oxygens (including phenoxy) is 2. The molecule has 1 aromatic carbocycles. The van der Waals surface area contributed by atoms with Crippen LogP contribution in [0.5, 0.6) is 11.5 Å². The molecular formula is C18H27N3O3S. The van der Waals surface area contributed by atoms with E-state index in [1.54, 1.807) is 12.1 Å². The highest BCUT2D eigenvalue weighted by atomic mass is 32.2. The van der Waals surface area contributed by atoms with E-state index in [2.05, 4.69) is 12.0 Å². The number of amides is 1. The van der Waals surface area contributed by atoms with E-state index in [0.717, 1.165) is 24.2 Å². The lowest BCUT2D eigenvalue weighted by Crippen LogP contribution is -2.38. The molecule has 1 aromatic rings. The number of hydrazone groups is 1. The van der Waals surface area contributed by atoms with Gasteiger partial charge in [0.1, 0.15) is 0 Å². The standard InChI is InChI=1S/C18H27N3O3S/c1-6-16-17(19-21(18(22)25-16)11-10-20(3)4)13-8-9-14(23-5)15(12-13)24-7-2/h8-9,12,16H,6-7,10-11H2,1-5H3. The third-order valence-electron chi connectivity index (χ3n) is 3.88. The average Bonchev–Trinajstić information content (AvgIpc) is 2.60. The highest BCUT2D eigenvalue weighted by molar-refractivity contribution is 8.14. The summed E-state index contributed by atoms with van der Waals surface area (Å²) >= 11 is 1.34. The summed E-state index contributed by atoms with van der Waals surface area (Å²) in [5.74, 6) is 1.39. The molecule has 2 rings (SSSR count). The van der Waals surface area contributed by atoms with Gasteiger partial charge >= 0.3 is 5.24 Å². The maximum atomic E-state index is 12.3. The van der Waals surface area contributed by atoms with Crippen LogP contribution in [0.1, 0.15) is 25.8 Å². The Morgan fingerprint density at radius 2 is 2.04 bits per heavy atom. The number of carbonyl (C=O) groups is 1. The fraction of sp³-hybridized carbons (Fsp3) is 0.556. The summed E-state index contributed by atoms with van der Waals surface area (Å²) in [5.41, 5.74) is 1.88. The normalized spacial score (nSPS) is 17.7. The Balaban J connectivity index is 2.36. The minimum absolute atomic E-state index is 0.0102. The van der Waals surface area contributed by atoms with Gasteiger partial charge in [-0.25, -0.2) is 5.01 Å². The van der Waals surface area contributed by atoms with Gasteiger partial charge in [0, 0.05) is 12.1 Å². The van der Waals surface area contributed by atoms with Crippen LogP contribution in [0.3, 0.4) is 0 Å². The molecule has 1 aliphatic rings. The number of hydrogen-bond donors (Lipinski definition) is 0. The van der Waals surface area contributed by atoms with Gasteiger partial charge in [-0.3, -0.25) is 4.79 Å². The molecule has 0 bridgehead atoms. The summed E-state index contributed by atoms with van der Waals surface area (Å²) in [6, 6.07) is 5.81. The Kier molecular flexibility index (Phi) is 7.13. The maximum absolute atomic E-state index is 12.3. The first kappa shape index (κ1) is 19.6. The maximum Gasteiger partial charge on any atom is 0.302 e. The molecule has 1 aliphatic heterocycles. The number of thioether (sulfide) groups is 1. The molecule has 0 aromatic heterocycles. The number of carbonyl (C=O) groups excluding carboxylic acids is 1. The Morgan fingerprint density at radius 3 is 2.64 bits per heavy atom. The summed E-state index contributed by atoms with van der Waals surface area (Å²) < 4.78 is 11.0. The van der Waals surface area contributed by atoms with Crippen LogP contribution in [-0.4, -0.2) is 67.0 Å². The molecule has 7 heteroatoms. The molecule has 0 saturated heterocycles. The largest absolute Gasteiger partial charge is 0.493 e. The van der Waals surface area contributed by atoms with Crippen molar-refractivity contribution >= 4 is 22.7 Å². The minimum atomic E-state index is 0.0102. The van der Waals surface area contributed by atoms with E-state index in [-0.39, 0.29) is 10.5 Å². The van der Waals surface area contributed by atoms with Crippen LogP contribution < -0.4 is 9.47 Å². The van der Waals surface area contributed by atoms with E-state index in [0.29, 0.717) is 24.7 Å². The Hall–Kier alpha value is -1.73. The lowest BCUT2D eigenvalue weighted by atomic mass is 10.0. The Labute approximate surface area is 154 Å². The van der Waals surface area contributed by atoms with Crippen LogP contribution in [-0.2, 0) is 0 Å². The van der Waals surface area contributed by atoms with Crippen LogP contribution in [0, 0.1) is 0 Å². The number of hydrogen-bond acceptors (Lipinski definition) is 6. The highest BCUT2D eigenvalue weighted by Crippen LogP contribution is 2.33. The number of nitrogens with zero attached hydrogens (tertiary/aromatic N) is 3. The van der Waals surface area contributed by atoms with Crippen LogP contribution in [0.15, 0.2) is 23.3 Å². The summed E-state index contributed by atoms with van der Waals surface area (Å²) in [5, 5.41) is 6.29. The molecule has 0 saturated carbocycles. The van der Waals surface area contributed by atoms with Gasteiger partial charge < -0.3 is 14.4 Å². The van der Waals surface area contributed by atoms with Crippen molar-refractivity contribution in [2.75, 3.05) is 40.9 Å². The van der Waals surface area contributed by atoms with E-state index in [4.69, 9.17) is 9.47 Å². The average molecular weight is 365 g/mol. The van der Waals surface area contributed by atoms with Gasteiger partial charge in [-0.05, 0) is 45.6 Å². The van der Waals surface area contributed by atoms with Crippen molar-refractivity contribution in [2.24, 2.45) is 5.10 Å². The zero-order chi connectivity index (χ0) is 18.4. The van der Waals surface area contributed by atoms with Crippen molar-refractivity contribution in [3.63, 3.8) is 0 Å². The zero-order valence-electron chi connectivity index (χ0n) is 15.6. The van der Waals surface area contributed by atoms with Crippen molar-refractivity contribution in [1.29, 1.82) is 0 Å². The topological polar surface area (TPSA) is 54.4 Å². The van der Waals surface area contributed by atoms with Gasteiger partial charge in [-0.1, -0.05) is 18.7 Å². The summed E-state index contributed by atoms with van der Waals surface area (Å²) in [6.07, 6.45) is 0.840. The number of methoxy groups -OCH3 is 1. The number of benzene rings is 1. The highest BCUT2D eigenvalue weighted by Gasteiger charge is 2.30. The molecular weight excluding hydrogens is 338 g/mol. The van der Waals surface area contributed by atoms with Gasteiger partial charge in [0.05, 0.1) is 31.2 Å². The smallest absolute Gasteiger partial charge is 0.302 e. The Bertz CT molecular complexity index is 634. The molecule has 0 aliphatic carbocycles. The van der Waals surface area contributed by atoms with Gasteiger partial charge in [-0.15, -0.1) is 0 Å². The molecule has 1 atom stereocenters. The molecule has 0 spiro atoms. The lowest BCUT2D eigenvalue weighted by molar-refractivity contribution is 0.217. The van der Waals surface area contributed by atoms with Gasteiger partial charge in [0.2, 0.25) is 0 Å². The molecule has 25 heavy (non-hydrogen) atoms. The summed E-state index contributed by atoms with van der Waals surface area (Å²) in [6.45, 7) is 5.92. The first-order valence-corrected chi connectivity index (χ1v) is 9.40. The summed E-state index contributed by atoms with van der Waals surface area (Å²) in [4.78, 5) is 14.4. The fourth-order valence-corrected chi connectivity index (χ4v) is 3.49. The Morgan fingerprint density at radius 1 is 1.28 bits per heavy atom. The molecule has 0 radical (unpaired) electrons. The van der Waals surface area contributed by atoms with Crippen molar-refractivity contribution < 1.29 is 14.3 Å². The van der Waals surface area contributed by atoms with Crippen LogP contribution in [0.25, 0.3) is 0 Å². The van der Waals surface area contributed by atoms with E-state index in [9.17, 15) is 4.79 Å². The minimum Gasteiger partial charge on any atom is -0.493 e.